The molecule has 2 aliphatic carbocycles. The molecule has 2 saturated carbocycles. The van der Waals surface area contributed by atoms with Gasteiger partial charge in [0.15, 0.2) is 0 Å². The van der Waals surface area contributed by atoms with Gasteiger partial charge in [-0.25, -0.2) is 38.7 Å². The summed E-state index contributed by atoms with van der Waals surface area (Å²) in [5, 5.41) is 6.25. The number of benzene rings is 2. The average molecular weight is 703 g/mol. The quantitative estimate of drug-likeness (QED) is 0.189. The number of hydrogen-bond acceptors (Lipinski definition) is 10. The van der Waals surface area contributed by atoms with Crippen LogP contribution in [0.1, 0.15) is 64.2 Å². The molecule has 0 radical (unpaired) electrons. The van der Waals surface area contributed by atoms with Crippen molar-refractivity contribution in [2.75, 3.05) is 14.2 Å². The summed E-state index contributed by atoms with van der Waals surface area (Å²) in [5.74, 6) is 0. The molecule has 2 aromatic carbocycles. The summed E-state index contributed by atoms with van der Waals surface area (Å²) in [6.07, 6.45) is 21.2. The smallest absolute Gasteiger partial charge is 0.330 e. The Morgan fingerprint density at radius 2 is 1.04 bits per heavy atom. The zero-order chi connectivity index (χ0) is 35.9. The second kappa shape index (κ2) is 16.0. The Bertz CT molecular complexity index is 2140. The fraction of sp³-hybridized carbons (Fsp3) is 0.368. The van der Waals surface area contributed by atoms with E-state index in [-0.39, 0.29) is 36.2 Å². The number of hydrogen-bond donors (Lipinski definition) is 2. The minimum absolute atomic E-state index is 0.188. The van der Waals surface area contributed by atoms with Crippen LogP contribution in [0, 0.1) is 0 Å². The molecule has 0 unspecified atom stereocenters. The Kier molecular flexibility index (Phi) is 10.6. The van der Waals surface area contributed by atoms with Crippen LogP contribution in [0.3, 0.4) is 0 Å². The summed E-state index contributed by atoms with van der Waals surface area (Å²) >= 11 is 0. The lowest BCUT2D eigenvalue weighted by Gasteiger charge is -2.23. The number of ether oxygens (including phenoxy) is 2. The Hall–Kier alpha value is -5.92. The first kappa shape index (κ1) is 34.5. The van der Waals surface area contributed by atoms with Gasteiger partial charge in [-0.05, 0) is 61.1 Å². The van der Waals surface area contributed by atoms with Crippen LogP contribution in [0.4, 0.5) is 9.59 Å². The van der Waals surface area contributed by atoms with Gasteiger partial charge >= 0.3 is 24.1 Å². The molecule has 2 fully saturated rings. The van der Waals surface area contributed by atoms with Crippen molar-refractivity contribution in [3.05, 3.63) is 73.8 Å². The average Bonchev–Trinajstić information content (AvgIpc) is 3.77. The SMILES string of the molecule is COc1nc2cc(-c3cncnc3)ccc2n1C(=O)NC1CCCCC1.COc1nc2ccc(-c3cncnc3)cc2n1C(=O)NC1CCCCC1. The Morgan fingerprint density at radius 3 is 1.56 bits per heavy atom. The van der Waals surface area contributed by atoms with E-state index in [1.807, 2.05) is 36.4 Å². The third-order valence-electron chi connectivity index (χ3n) is 9.67. The van der Waals surface area contributed by atoms with Crippen molar-refractivity contribution in [2.24, 2.45) is 0 Å². The molecule has 8 rings (SSSR count). The van der Waals surface area contributed by atoms with E-state index in [4.69, 9.17) is 9.47 Å². The molecule has 14 nitrogen and oxygen atoms in total. The first-order valence-corrected chi connectivity index (χ1v) is 17.8. The summed E-state index contributed by atoms with van der Waals surface area (Å²) in [4.78, 5) is 50.9. The third-order valence-corrected chi connectivity index (χ3v) is 9.67. The summed E-state index contributed by atoms with van der Waals surface area (Å²) in [7, 11) is 3.05. The van der Waals surface area contributed by atoms with E-state index in [0.717, 1.165) is 79.1 Å². The van der Waals surface area contributed by atoms with Gasteiger partial charge in [0, 0.05) is 48.0 Å². The second-order valence-electron chi connectivity index (χ2n) is 13.1. The van der Waals surface area contributed by atoms with Crippen molar-refractivity contribution in [1.29, 1.82) is 0 Å². The number of nitrogens with zero attached hydrogens (tertiary/aromatic N) is 8. The van der Waals surface area contributed by atoms with Crippen molar-refractivity contribution in [2.45, 2.75) is 76.3 Å². The molecule has 0 bridgehead atoms. The van der Waals surface area contributed by atoms with Gasteiger partial charge in [0.1, 0.15) is 12.7 Å². The van der Waals surface area contributed by atoms with Crippen LogP contribution in [0.2, 0.25) is 0 Å². The van der Waals surface area contributed by atoms with Gasteiger partial charge in [0.25, 0.3) is 0 Å². The van der Waals surface area contributed by atoms with Crippen LogP contribution < -0.4 is 20.1 Å². The number of amides is 2. The van der Waals surface area contributed by atoms with E-state index >= 15 is 0 Å². The number of rotatable bonds is 6. The molecule has 0 aliphatic heterocycles. The van der Waals surface area contributed by atoms with E-state index < -0.39 is 0 Å². The highest BCUT2D eigenvalue weighted by atomic mass is 16.5. The minimum atomic E-state index is -0.197. The van der Waals surface area contributed by atoms with E-state index in [0.29, 0.717) is 16.6 Å². The molecule has 268 valence electrons. The molecule has 52 heavy (non-hydrogen) atoms. The maximum Gasteiger partial charge on any atom is 0.330 e. The molecule has 4 aromatic heterocycles. The van der Waals surface area contributed by atoms with E-state index in [2.05, 4.69) is 40.5 Å². The molecule has 4 heterocycles. The molecule has 6 aromatic rings. The number of methoxy groups -OCH3 is 2. The zero-order valence-corrected chi connectivity index (χ0v) is 29.4. The maximum atomic E-state index is 12.9. The lowest BCUT2D eigenvalue weighted by atomic mass is 9.96. The highest BCUT2D eigenvalue weighted by Gasteiger charge is 2.24. The number of aromatic nitrogens is 8. The number of fused-ring (bicyclic) bond motifs is 2. The van der Waals surface area contributed by atoms with E-state index in [1.54, 1.807) is 24.8 Å². The Labute approximate surface area is 301 Å². The van der Waals surface area contributed by atoms with Crippen molar-refractivity contribution in [3.63, 3.8) is 0 Å². The van der Waals surface area contributed by atoms with Crippen molar-refractivity contribution in [3.8, 4) is 34.3 Å². The summed E-state index contributed by atoms with van der Waals surface area (Å²) < 4.78 is 13.7. The van der Waals surface area contributed by atoms with Crippen LogP contribution in [0.5, 0.6) is 12.0 Å². The van der Waals surface area contributed by atoms with Crippen LogP contribution >= 0.6 is 0 Å². The first-order valence-electron chi connectivity index (χ1n) is 17.8. The van der Waals surface area contributed by atoms with Gasteiger partial charge in [0.2, 0.25) is 0 Å². The predicted molar refractivity (Wildman–Crippen MR) is 196 cm³/mol. The number of carbonyl (C=O) groups is 2. The van der Waals surface area contributed by atoms with Crippen molar-refractivity contribution >= 4 is 34.1 Å². The van der Waals surface area contributed by atoms with Crippen molar-refractivity contribution < 1.29 is 19.1 Å². The van der Waals surface area contributed by atoms with Crippen LogP contribution in [0.25, 0.3) is 44.3 Å². The highest BCUT2D eigenvalue weighted by molar-refractivity contribution is 5.94. The third kappa shape index (κ3) is 7.55. The molecule has 0 saturated heterocycles. The lowest BCUT2D eigenvalue weighted by Crippen LogP contribution is -2.38. The van der Waals surface area contributed by atoms with Gasteiger partial charge in [-0.15, -0.1) is 0 Å². The molecule has 14 heteroatoms. The lowest BCUT2D eigenvalue weighted by molar-refractivity contribution is 0.230. The highest BCUT2D eigenvalue weighted by Crippen LogP contribution is 2.29. The predicted octanol–water partition coefficient (Wildman–Crippen LogP) is 6.78. The van der Waals surface area contributed by atoms with Crippen LogP contribution in [-0.2, 0) is 0 Å². The van der Waals surface area contributed by atoms with Gasteiger partial charge in [-0.1, -0.05) is 50.7 Å². The van der Waals surface area contributed by atoms with Gasteiger partial charge in [-0.2, -0.15) is 9.97 Å². The number of nitrogens with one attached hydrogen (secondary N) is 2. The molecular formula is C38H42N10O4. The Morgan fingerprint density at radius 1 is 0.577 bits per heavy atom. The topological polar surface area (TPSA) is 164 Å². The normalized spacial score (nSPS) is 15.1. The molecular weight excluding hydrogens is 660 g/mol. The second-order valence-corrected chi connectivity index (χ2v) is 13.1. The van der Waals surface area contributed by atoms with Crippen LogP contribution in [0.15, 0.2) is 73.8 Å². The summed E-state index contributed by atoms with van der Waals surface area (Å²) in [6, 6.07) is 12.1. The fourth-order valence-electron chi connectivity index (χ4n) is 7.01. The maximum absolute atomic E-state index is 12.9. The van der Waals surface area contributed by atoms with E-state index in [1.165, 1.54) is 48.9 Å². The summed E-state index contributed by atoms with van der Waals surface area (Å²) in [5.41, 5.74) is 6.48. The zero-order valence-electron chi connectivity index (χ0n) is 29.4. The molecule has 2 amide bonds. The van der Waals surface area contributed by atoms with E-state index in [9.17, 15) is 9.59 Å². The van der Waals surface area contributed by atoms with Gasteiger partial charge in [0.05, 0.1) is 36.3 Å². The molecule has 2 aliphatic rings. The molecule has 2 N–H and O–H groups in total. The fourth-order valence-corrected chi connectivity index (χ4v) is 7.01. The first-order chi connectivity index (χ1) is 25.5. The minimum Gasteiger partial charge on any atom is -0.468 e. The largest absolute Gasteiger partial charge is 0.468 e. The standard InChI is InChI=1S/2C19H21N5O2/c1-26-19-23-16-9-13(14-10-20-12-21-11-14)7-8-17(16)24(19)18(25)22-15-5-3-2-4-6-15;1-26-19-23-16-8-7-13(14-10-20-12-21-11-14)9-17(16)24(19)18(25)22-15-5-3-2-4-6-15/h2*7-12,15H,2-6H2,1H3,(H,22,25). The monoisotopic (exact) mass is 702 g/mol. The van der Waals surface area contributed by atoms with Gasteiger partial charge < -0.3 is 20.1 Å². The summed E-state index contributed by atoms with van der Waals surface area (Å²) in [6.45, 7) is 0. The number of imidazole rings is 2. The number of carbonyl (C=O) groups excluding carboxylic acids is 2. The van der Waals surface area contributed by atoms with Gasteiger partial charge in [-0.3, -0.25) is 0 Å². The Balaban J connectivity index is 0.000000162. The molecule has 0 spiro atoms. The molecule has 0 atom stereocenters. The van der Waals surface area contributed by atoms with Crippen LogP contribution in [-0.4, -0.2) is 77.4 Å². The van der Waals surface area contributed by atoms with Crippen molar-refractivity contribution in [1.82, 2.24) is 49.7 Å².